The molecule has 0 unspecified atom stereocenters. The van der Waals surface area contributed by atoms with Gasteiger partial charge in [0.1, 0.15) is 16.4 Å². The number of hydrogen-bond donors (Lipinski definition) is 1. The Bertz CT molecular complexity index is 1450. The summed E-state index contributed by atoms with van der Waals surface area (Å²) < 4.78 is 5.89. The molecule has 1 amide bonds. The van der Waals surface area contributed by atoms with Gasteiger partial charge in [0.2, 0.25) is 0 Å². The summed E-state index contributed by atoms with van der Waals surface area (Å²) in [7, 11) is 0. The Hall–Kier alpha value is -3.23. The zero-order valence-corrected chi connectivity index (χ0v) is 20.4. The summed E-state index contributed by atoms with van der Waals surface area (Å²) in [5.74, 6) is 1.44. The van der Waals surface area contributed by atoms with Gasteiger partial charge >= 0.3 is 0 Å². The van der Waals surface area contributed by atoms with Crippen LogP contribution in [-0.2, 0) is 24.2 Å². The van der Waals surface area contributed by atoms with Crippen molar-refractivity contribution < 1.29 is 9.53 Å². The molecule has 2 aliphatic rings. The van der Waals surface area contributed by atoms with E-state index in [4.69, 9.17) is 9.72 Å². The molecule has 1 N–H and O–H groups in total. The zero-order chi connectivity index (χ0) is 23.8. The van der Waals surface area contributed by atoms with Gasteiger partial charge in [-0.3, -0.25) is 14.5 Å². The second-order valence-corrected chi connectivity index (χ2v) is 10.4. The number of aromatic nitrogens is 2. The molecule has 6 rings (SSSR count). The minimum absolute atomic E-state index is 0.00491. The van der Waals surface area contributed by atoms with Gasteiger partial charge < -0.3 is 14.6 Å². The highest BCUT2D eigenvalue weighted by atomic mass is 32.1. The van der Waals surface area contributed by atoms with Crippen molar-refractivity contribution in [2.24, 2.45) is 0 Å². The lowest BCUT2D eigenvalue weighted by Gasteiger charge is -2.34. The van der Waals surface area contributed by atoms with Crippen molar-refractivity contribution in [2.75, 3.05) is 32.8 Å². The van der Waals surface area contributed by atoms with Crippen LogP contribution in [-0.4, -0.2) is 58.5 Å². The van der Waals surface area contributed by atoms with Gasteiger partial charge in [0.05, 0.1) is 11.9 Å². The molecule has 0 bridgehead atoms. The van der Waals surface area contributed by atoms with Crippen molar-refractivity contribution in [1.29, 1.82) is 0 Å². The number of rotatable bonds is 5. The minimum Gasteiger partial charge on any atom is -0.483 e. The maximum absolute atomic E-state index is 12.8. The number of ether oxygens (including phenoxy) is 1. The van der Waals surface area contributed by atoms with Gasteiger partial charge in [0.25, 0.3) is 11.5 Å². The summed E-state index contributed by atoms with van der Waals surface area (Å²) in [6.07, 6.45) is 4.39. The molecule has 4 aromatic rings. The van der Waals surface area contributed by atoms with Gasteiger partial charge in [-0.15, -0.1) is 11.3 Å². The molecule has 0 radical (unpaired) electrons. The third-order valence-electron chi connectivity index (χ3n) is 7.07. The molecule has 2 aromatic carbocycles. The predicted octanol–water partition coefficient (Wildman–Crippen LogP) is 3.74. The lowest BCUT2D eigenvalue weighted by atomic mass is 9.97. The SMILES string of the molecule is O=C(COc1cccc2ccccc12)N1CCN(Cc2nc3sc4c(c3c(=O)[nH]2)CCCC4)CC1. The number of carbonyl (C=O) groups excluding carboxylic acids is 1. The molecule has 1 fully saturated rings. The maximum atomic E-state index is 12.8. The third-order valence-corrected chi connectivity index (χ3v) is 8.26. The van der Waals surface area contributed by atoms with Crippen LogP contribution in [0.5, 0.6) is 5.75 Å². The summed E-state index contributed by atoms with van der Waals surface area (Å²) in [4.78, 5) is 39.7. The first-order chi connectivity index (χ1) is 17.2. The fraction of sp³-hybridized carbons (Fsp3) is 0.370. The van der Waals surface area contributed by atoms with Crippen molar-refractivity contribution in [3.63, 3.8) is 0 Å². The van der Waals surface area contributed by atoms with Crippen LogP contribution in [0.15, 0.2) is 47.3 Å². The number of thiophene rings is 1. The normalized spacial score (nSPS) is 16.5. The Morgan fingerprint density at radius 3 is 2.71 bits per heavy atom. The molecule has 0 saturated carbocycles. The fourth-order valence-electron chi connectivity index (χ4n) is 5.20. The van der Waals surface area contributed by atoms with Gasteiger partial charge in [-0.25, -0.2) is 4.98 Å². The minimum atomic E-state index is -0.0104. The Morgan fingerprint density at radius 1 is 1.03 bits per heavy atom. The number of aromatic amines is 1. The van der Waals surface area contributed by atoms with Crippen molar-refractivity contribution in [3.8, 4) is 5.75 Å². The lowest BCUT2D eigenvalue weighted by molar-refractivity contribution is -0.135. The van der Waals surface area contributed by atoms with E-state index in [-0.39, 0.29) is 18.1 Å². The van der Waals surface area contributed by atoms with E-state index in [1.807, 2.05) is 47.4 Å². The number of fused-ring (bicyclic) bond motifs is 4. The van der Waals surface area contributed by atoms with Crippen LogP contribution < -0.4 is 10.3 Å². The molecule has 7 nitrogen and oxygen atoms in total. The van der Waals surface area contributed by atoms with Crippen LogP contribution >= 0.6 is 11.3 Å². The first-order valence-corrected chi connectivity index (χ1v) is 13.1. The highest BCUT2D eigenvalue weighted by molar-refractivity contribution is 7.18. The number of amides is 1. The topological polar surface area (TPSA) is 78.5 Å². The van der Waals surface area contributed by atoms with E-state index in [1.165, 1.54) is 16.9 Å². The van der Waals surface area contributed by atoms with Crippen LogP contribution in [0.2, 0.25) is 0 Å². The smallest absolute Gasteiger partial charge is 0.260 e. The van der Waals surface area contributed by atoms with Crippen LogP contribution in [0, 0.1) is 0 Å². The summed E-state index contributed by atoms with van der Waals surface area (Å²) >= 11 is 1.68. The Balaban J connectivity index is 1.06. The number of piperazine rings is 1. The van der Waals surface area contributed by atoms with E-state index in [2.05, 4.69) is 9.88 Å². The number of nitrogens with one attached hydrogen (secondary N) is 1. The molecule has 1 saturated heterocycles. The molecule has 0 spiro atoms. The standard InChI is InChI=1S/C27H28N4O3S/c32-24(17-34-21-10-5-7-18-6-1-2-8-19(18)21)31-14-12-30(13-15-31)16-23-28-26(33)25-20-9-3-4-11-22(20)35-27(25)29-23/h1-2,5-8,10H,3-4,9,11-17H2,(H,28,29,33). The van der Waals surface area contributed by atoms with Gasteiger partial charge in [0.15, 0.2) is 6.61 Å². The molecule has 1 aliphatic heterocycles. The van der Waals surface area contributed by atoms with E-state index in [1.54, 1.807) is 11.3 Å². The van der Waals surface area contributed by atoms with Gasteiger partial charge in [0, 0.05) is 36.4 Å². The highest BCUT2D eigenvalue weighted by Gasteiger charge is 2.24. The zero-order valence-electron chi connectivity index (χ0n) is 19.6. The average Bonchev–Trinajstić information content (AvgIpc) is 3.26. The van der Waals surface area contributed by atoms with Crippen molar-refractivity contribution in [3.05, 3.63) is 69.1 Å². The largest absolute Gasteiger partial charge is 0.483 e. The second-order valence-electron chi connectivity index (χ2n) is 9.33. The van der Waals surface area contributed by atoms with Gasteiger partial charge in [-0.1, -0.05) is 36.4 Å². The summed E-state index contributed by atoms with van der Waals surface area (Å²) in [5, 5.41) is 2.91. The summed E-state index contributed by atoms with van der Waals surface area (Å²) in [6.45, 7) is 3.37. The van der Waals surface area contributed by atoms with Crippen LogP contribution in [0.4, 0.5) is 0 Å². The van der Waals surface area contributed by atoms with Gasteiger partial charge in [-0.2, -0.15) is 0 Å². The molecule has 35 heavy (non-hydrogen) atoms. The molecule has 1 aliphatic carbocycles. The fourth-order valence-corrected chi connectivity index (χ4v) is 6.48. The number of benzene rings is 2. The molecule has 0 atom stereocenters. The third kappa shape index (κ3) is 4.44. The Labute approximate surface area is 207 Å². The quantitative estimate of drug-likeness (QED) is 0.463. The number of hydrogen-bond acceptors (Lipinski definition) is 6. The van der Waals surface area contributed by atoms with E-state index in [9.17, 15) is 9.59 Å². The molecular formula is C27H28N4O3S. The van der Waals surface area contributed by atoms with E-state index >= 15 is 0 Å². The average molecular weight is 489 g/mol. The molecule has 8 heteroatoms. The van der Waals surface area contributed by atoms with Crippen molar-refractivity contribution in [1.82, 2.24) is 19.8 Å². The Kier molecular flexibility index (Phi) is 6.00. The van der Waals surface area contributed by atoms with Crippen LogP contribution in [0.1, 0.15) is 29.1 Å². The number of nitrogens with zero attached hydrogens (tertiary/aromatic N) is 3. The van der Waals surface area contributed by atoms with E-state index < -0.39 is 0 Å². The van der Waals surface area contributed by atoms with Crippen LogP contribution in [0.3, 0.4) is 0 Å². The predicted molar refractivity (Wildman–Crippen MR) is 138 cm³/mol. The summed E-state index contributed by atoms with van der Waals surface area (Å²) in [5.41, 5.74) is 1.21. The van der Waals surface area contributed by atoms with E-state index in [0.717, 1.165) is 59.1 Å². The molecule has 2 aromatic heterocycles. The van der Waals surface area contributed by atoms with Crippen molar-refractivity contribution >= 4 is 38.2 Å². The molecular weight excluding hydrogens is 460 g/mol. The maximum Gasteiger partial charge on any atom is 0.260 e. The first kappa shape index (κ1) is 22.2. The number of H-pyrrole nitrogens is 1. The summed E-state index contributed by atoms with van der Waals surface area (Å²) in [6, 6.07) is 13.9. The first-order valence-electron chi connectivity index (χ1n) is 12.3. The van der Waals surface area contributed by atoms with Crippen LogP contribution in [0.25, 0.3) is 21.0 Å². The Morgan fingerprint density at radius 2 is 1.83 bits per heavy atom. The van der Waals surface area contributed by atoms with Gasteiger partial charge in [-0.05, 0) is 42.7 Å². The molecule has 180 valence electrons. The second kappa shape index (κ2) is 9.43. The van der Waals surface area contributed by atoms with E-state index in [0.29, 0.717) is 25.5 Å². The van der Waals surface area contributed by atoms with Crippen molar-refractivity contribution in [2.45, 2.75) is 32.2 Å². The lowest BCUT2D eigenvalue weighted by Crippen LogP contribution is -2.49. The monoisotopic (exact) mass is 488 g/mol. The molecule has 3 heterocycles. The number of aryl methyl sites for hydroxylation is 2. The number of carbonyl (C=O) groups is 1. The highest BCUT2D eigenvalue weighted by Crippen LogP contribution is 2.33.